The highest BCUT2D eigenvalue weighted by Crippen LogP contribution is 2.18. The van der Waals surface area contributed by atoms with Gasteiger partial charge >= 0.3 is 0 Å². The van der Waals surface area contributed by atoms with Crippen molar-refractivity contribution in [3.05, 3.63) is 29.8 Å². The Bertz CT molecular complexity index is 447. The molecule has 1 saturated heterocycles. The van der Waals surface area contributed by atoms with Crippen LogP contribution in [0.4, 0.5) is 0 Å². The molecule has 16 heavy (non-hydrogen) atoms. The molecule has 1 aromatic carbocycles. The Balaban J connectivity index is 2.28. The van der Waals surface area contributed by atoms with Crippen LogP contribution in [0.25, 0.3) is 0 Å². The second-order valence-corrected chi connectivity index (χ2v) is 5.65. The molecule has 2 rings (SSSR count). The third kappa shape index (κ3) is 2.11. The fourth-order valence-electron chi connectivity index (χ4n) is 1.63. The predicted molar refractivity (Wildman–Crippen MR) is 60.5 cm³/mol. The van der Waals surface area contributed by atoms with E-state index in [0.717, 1.165) is 12.0 Å². The molecule has 0 saturated carbocycles. The number of benzene rings is 1. The third-order valence-electron chi connectivity index (χ3n) is 2.69. The zero-order valence-corrected chi connectivity index (χ0v) is 10.0. The average molecular weight is 241 g/mol. The Hall–Kier alpha value is -0.910. The normalized spacial score (nSPS) is 17.8. The van der Waals surface area contributed by atoms with E-state index >= 15 is 0 Å². The van der Waals surface area contributed by atoms with Gasteiger partial charge in [0.05, 0.1) is 11.5 Å². The molecule has 1 aliphatic heterocycles. The Morgan fingerprint density at radius 2 is 2.00 bits per heavy atom. The van der Waals surface area contributed by atoms with Crippen molar-refractivity contribution in [3.8, 4) is 0 Å². The molecule has 88 valence electrons. The van der Waals surface area contributed by atoms with Crippen molar-refractivity contribution in [3.63, 3.8) is 0 Å². The molecule has 1 aliphatic rings. The summed E-state index contributed by atoms with van der Waals surface area (Å²) in [6.45, 7) is 3.12. The Kier molecular flexibility index (Phi) is 3.28. The first-order valence-electron chi connectivity index (χ1n) is 5.31. The third-order valence-corrected chi connectivity index (χ3v) is 4.53. The van der Waals surface area contributed by atoms with Gasteiger partial charge in [0.25, 0.3) is 0 Å². The Labute approximate surface area is 95.9 Å². The van der Waals surface area contributed by atoms with Gasteiger partial charge in [0.15, 0.2) is 0 Å². The number of rotatable bonds is 3. The highest BCUT2D eigenvalue weighted by Gasteiger charge is 2.27. The molecular formula is C11H15NO3S. The first kappa shape index (κ1) is 11.6. The average Bonchev–Trinajstić information content (AvgIpc) is 2.83. The second-order valence-electron chi connectivity index (χ2n) is 3.72. The summed E-state index contributed by atoms with van der Waals surface area (Å²) < 4.78 is 30.6. The van der Waals surface area contributed by atoms with Gasteiger partial charge in [0.1, 0.15) is 6.73 Å². The van der Waals surface area contributed by atoms with Crippen LogP contribution in [0.3, 0.4) is 0 Å². The molecule has 0 amide bonds. The van der Waals surface area contributed by atoms with Crippen LogP contribution >= 0.6 is 0 Å². The lowest BCUT2D eigenvalue weighted by Crippen LogP contribution is -2.28. The van der Waals surface area contributed by atoms with Gasteiger partial charge in [-0.2, -0.15) is 4.31 Å². The summed E-state index contributed by atoms with van der Waals surface area (Å²) in [5.41, 5.74) is 1.14. The van der Waals surface area contributed by atoms with Crippen molar-refractivity contribution in [2.24, 2.45) is 0 Å². The van der Waals surface area contributed by atoms with Crippen molar-refractivity contribution in [1.82, 2.24) is 4.31 Å². The van der Waals surface area contributed by atoms with E-state index in [1.807, 2.05) is 19.1 Å². The molecule has 0 N–H and O–H groups in total. The maximum absolute atomic E-state index is 12.1. The minimum Gasteiger partial charge on any atom is -0.364 e. The van der Waals surface area contributed by atoms with Crippen LogP contribution in [0.1, 0.15) is 12.5 Å². The largest absolute Gasteiger partial charge is 0.364 e. The maximum Gasteiger partial charge on any atom is 0.245 e. The van der Waals surface area contributed by atoms with Gasteiger partial charge in [-0.3, -0.25) is 0 Å². The SMILES string of the molecule is CCc1ccc(S(=O)(=O)N2CCOC2)cc1. The van der Waals surface area contributed by atoms with Crippen LogP contribution in [-0.2, 0) is 21.2 Å². The van der Waals surface area contributed by atoms with Crippen LogP contribution in [-0.4, -0.2) is 32.6 Å². The molecule has 0 radical (unpaired) electrons. The summed E-state index contributed by atoms with van der Waals surface area (Å²) in [7, 11) is -3.36. The summed E-state index contributed by atoms with van der Waals surface area (Å²) >= 11 is 0. The van der Waals surface area contributed by atoms with Crippen molar-refractivity contribution in [1.29, 1.82) is 0 Å². The number of aryl methyl sites for hydroxylation is 1. The maximum atomic E-state index is 12.1. The van der Waals surface area contributed by atoms with Crippen LogP contribution in [0.5, 0.6) is 0 Å². The Morgan fingerprint density at radius 3 is 2.50 bits per heavy atom. The van der Waals surface area contributed by atoms with Gasteiger partial charge in [-0.1, -0.05) is 19.1 Å². The van der Waals surface area contributed by atoms with E-state index in [-0.39, 0.29) is 6.73 Å². The monoisotopic (exact) mass is 241 g/mol. The van der Waals surface area contributed by atoms with Crippen LogP contribution in [0.2, 0.25) is 0 Å². The van der Waals surface area contributed by atoms with E-state index in [9.17, 15) is 8.42 Å². The first-order valence-corrected chi connectivity index (χ1v) is 6.75. The van der Waals surface area contributed by atoms with E-state index in [1.54, 1.807) is 12.1 Å². The lowest BCUT2D eigenvalue weighted by atomic mass is 10.2. The predicted octanol–water partition coefficient (Wildman–Crippen LogP) is 1.23. The summed E-state index contributed by atoms with van der Waals surface area (Å²) in [5.74, 6) is 0. The van der Waals surface area contributed by atoms with E-state index in [4.69, 9.17) is 4.74 Å². The van der Waals surface area contributed by atoms with Gasteiger partial charge in [-0.25, -0.2) is 8.42 Å². The molecule has 0 aliphatic carbocycles. The highest BCUT2D eigenvalue weighted by atomic mass is 32.2. The van der Waals surface area contributed by atoms with Crippen LogP contribution in [0.15, 0.2) is 29.2 Å². The van der Waals surface area contributed by atoms with Gasteiger partial charge in [0, 0.05) is 6.54 Å². The van der Waals surface area contributed by atoms with Gasteiger partial charge < -0.3 is 4.74 Å². The van der Waals surface area contributed by atoms with Crippen molar-refractivity contribution in [2.75, 3.05) is 19.9 Å². The summed E-state index contributed by atoms with van der Waals surface area (Å²) in [6.07, 6.45) is 0.910. The first-order chi connectivity index (χ1) is 7.64. The molecule has 4 nitrogen and oxygen atoms in total. The molecule has 0 aromatic heterocycles. The van der Waals surface area contributed by atoms with Crippen molar-refractivity contribution < 1.29 is 13.2 Å². The van der Waals surface area contributed by atoms with Crippen LogP contribution in [0, 0.1) is 0 Å². The number of hydrogen-bond acceptors (Lipinski definition) is 3. The quantitative estimate of drug-likeness (QED) is 0.799. The highest BCUT2D eigenvalue weighted by molar-refractivity contribution is 7.89. The van der Waals surface area contributed by atoms with Crippen molar-refractivity contribution >= 4 is 10.0 Å². The smallest absolute Gasteiger partial charge is 0.245 e. The molecule has 0 unspecified atom stereocenters. The van der Waals surface area contributed by atoms with Crippen LogP contribution < -0.4 is 0 Å². The van der Waals surface area contributed by atoms with E-state index in [0.29, 0.717) is 18.0 Å². The number of nitrogens with zero attached hydrogens (tertiary/aromatic N) is 1. The van der Waals surface area contributed by atoms with Gasteiger partial charge in [-0.15, -0.1) is 0 Å². The van der Waals surface area contributed by atoms with E-state index in [1.165, 1.54) is 4.31 Å². The number of hydrogen-bond donors (Lipinski definition) is 0. The van der Waals surface area contributed by atoms with Gasteiger partial charge in [0.2, 0.25) is 10.0 Å². The second kappa shape index (κ2) is 4.53. The summed E-state index contributed by atoms with van der Waals surface area (Å²) in [6, 6.07) is 7.02. The lowest BCUT2D eigenvalue weighted by molar-refractivity contribution is 0.172. The minimum atomic E-state index is -3.36. The molecular weight excluding hydrogens is 226 g/mol. The fourth-order valence-corrected chi connectivity index (χ4v) is 2.94. The molecule has 1 heterocycles. The molecule has 0 spiro atoms. The van der Waals surface area contributed by atoms with E-state index < -0.39 is 10.0 Å². The molecule has 1 fully saturated rings. The zero-order valence-electron chi connectivity index (χ0n) is 9.22. The molecule has 0 bridgehead atoms. The summed E-state index contributed by atoms with van der Waals surface area (Å²) in [5, 5.41) is 0. The van der Waals surface area contributed by atoms with E-state index in [2.05, 4.69) is 0 Å². The van der Waals surface area contributed by atoms with Gasteiger partial charge in [-0.05, 0) is 24.1 Å². The standard InChI is InChI=1S/C11H15NO3S/c1-2-10-3-5-11(6-4-10)16(13,14)12-7-8-15-9-12/h3-6H,2,7-9H2,1H3. The summed E-state index contributed by atoms with van der Waals surface area (Å²) in [4.78, 5) is 0.343. The van der Waals surface area contributed by atoms with Crippen molar-refractivity contribution in [2.45, 2.75) is 18.2 Å². The Morgan fingerprint density at radius 1 is 1.31 bits per heavy atom. The molecule has 0 atom stereocenters. The minimum absolute atomic E-state index is 0.165. The fraction of sp³-hybridized carbons (Fsp3) is 0.455. The number of ether oxygens (including phenoxy) is 1. The zero-order chi connectivity index (χ0) is 11.6. The lowest BCUT2D eigenvalue weighted by Gasteiger charge is -2.13. The topological polar surface area (TPSA) is 46.6 Å². The number of sulfonamides is 1. The molecule has 1 aromatic rings. The molecule has 5 heteroatoms.